The van der Waals surface area contributed by atoms with E-state index < -0.39 is 5.60 Å². The highest BCUT2D eigenvalue weighted by molar-refractivity contribution is 5.85. The molecule has 0 bridgehead atoms. The Morgan fingerprint density at radius 1 is 1.24 bits per heavy atom. The SMILES string of the molecule is CNCC1(C2(O)CCCCC2)Cc2ccc(OC)cc21.Cl. The lowest BCUT2D eigenvalue weighted by Crippen LogP contribution is -2.63. The Hall–Kier alpha value is -0.770. The lowest BCUT2D eigenvalue weighted by atomic mass is 9.52. The van der Waals surface area contributed by atoms with E-state index in [0.29, 0.717) is 0 Å². The Labute approximate surface area is 133 Å². The van der Waals surface area contributed by atoms with Crippen LogP contribution in [0.15, 0.2) is 18.2 Å². The molecule has 1 unspecified atom stereocenters. The first-order valence-electron chi connectivity index (χ1n) is 7.70. The van der Waals surface area contributed by atoms with E-state index in [9.17, 15) is 5.11 Å². The zero-order valence-electron chi connectivity index (χ0n) is 12.9. The van der Waals surface area contributed by atoms with Crippen molar-refractivity contribution in [2.75, 3.05) is 20.7 Å². The van der Waals surface area contributed by atoms with Gasteiger partial charge in [-0.2, -0.15) is 0 Å². The lowest BCUT2D eigenvalue weighted by Gasteiger charge is -2.56. The summed E-state index contributed by atoms with van der Waals surface area (Å²) in [6, 6.07) is 6.30. The fraction of sp³-hybridized carbons (Fsp3) is 0.647. The van der Waals surface area contributed by atoms with Gasteiger partial charge in [0.05, 0.1) is 12.7 Å². The monoisotopic (exact) mass is 311 g/mol. The topological polar surface area (TPSA) is 41.5 Å². The van der Waals surface area contributed by atoms with Crippen LogP contribution in [0.25, 0.3) is 0 Å². The highest BCUT2D eigenvalue weighted by atomic mass is 35.5. The zero-order valence-corrected chi connectivity index (χ0v) is 13.8. The number of benzene rings is 1. The van der Waals surface area contributed by atoms with Gasteiger partial charge in [0.1, 0.15) is 5.75 Å². The molecule has 1 saturated carbocycles. The maximum Gasteiger partial charge on any atom is 0.119 e. The van der Waals surface area contributed by atoms with Crippen LogP contribution in [0.2, 0.25) is 0 Å². The third-order valence-corrected chi connectivity index (χ3v) is 5.37. The van der Waals surface area contributed by atoms with Crippen LogP contribution in [0.1, 0.15) is 43.2 Å². The summed E-state index contributed by atoms with van der Waals surface area (Å²) >= 11 is 0. The van der Waals surface area contributed by atoms with Crippen molar-refractivity contribution in [2.45, 2.75) is 49.5 Å². The van der Waals surface area contributed by atoms with Crippen LogP contribution in [0.3, 0.4) is 0 Å². The molecule has 2 aliphatic carbocycles. The van der Waals surface area contributed by atoms with Crippen LogP contribution < -0.4 is 10.1 Å². The summed E-state index contributed by atoms with van der Waals surface area (Å²) in [6.45, 7) is 0.837. The average molecular weight is 312 g/mol. The molecule has 118 valence electrons. The van der Waals surface area contributed by atoms with Crippen LogP contribution in [0.4, 0.5) is 0 Å². The summed E-state index contributed by atoms with van der Waals surface area (Å²) in [5, 5.41) is 14.6. The number of methoxy groups -OCH3 is 1. The van der Waals surface area contributed by atoms with Gasteiger partial charge in [-0.1, -0.05) is 25.3 Å². The van der Waals surface area contributed by atoms with Gasteiger partial charge in [0.2, 0.25) is 0 Å². The highest BCUT2D eigenvalue weighted by Crippen LogP contribution is 2.53. The zero-order chi connectivity index (χ0) is 14.2. The second kappa shape index (κ2) is 6.15. The van der Waals surface area contributed by atoms with Gasteiger partial charge in [-0.3, -0.25) is 0 Å². The van der Waals surface area contributed by atoms with E-state index in [0.717, 1.165) is 44.4 Å². The Morgan fingerprint density at radius 3 is 2.57 bits per heavy atom. The molecule has 0 aromatic heterocycles. The number of ether oxygens (including phenoxy) is 1. The standard InChI is InChI=1S/C17H25NO2.ClH/c1-18-12-16(17(19)8-4-3-5-9-17)11-13-6-7-14(20-2)10-15(13)16;/h6-7,10,18-19H,3-5,8-9,11-12H2,1-2H3;1H. The first-order chi connectivity index (χ1) is 9.65. The van der Waals surface area contributed by atoms with E-state index in [1.54, 1.807) is 7.11 Å². The minimum atomic E-state index is -0.562. The van der Waals surface area contributed by atoms with Gasteiger partial charge in [0.25, 0.3) is 0 Å². The van der Waals surface area contributed by atoms with Crippen molar-refractivity contribution in [1.82, 2.24) is 5.32 Å². The Balaban J connectivity index is 0.00000161. The molecule has 21 heavy (non-hydrogen) atoms. The lowest BCUT2D eigenvalue weighted by molar-refractivity contribution is -0.0781. The second-order valence-electron chi connectivity index (χ2n) is 6.40. The smallest absolute Gasteiger partial charge is 0.119 e. The fourth-order valence-corrected chi connectivity index (χ4v) is 4.25. The summed E-state index contributed by atoms with van der Waals surface area (Å²) in [4.78, 5) is 0. The number of likely N-dealkylation sites (N-methyl/N-ethyl adjacent to an activating group) is 1. The summed E-state index contributed by atoms with van der Waals surface area (Å²) < 4.78 is 5.37. The molecule has 1 atom stereocenters. The third kappa shape index (κ3) is 2.45. The largest absolute Gasteiger partial charge is 0.497 e. The first kappa shape index (κ1) is 16.6. The maximum atomic E-state index is 11.3. The maximum absolute atomic E-state index is 11.3. The molecule has 0 aliphatic heterocycles. The molecular formula is C17H26ClNO2. The molecule has 2 N–H and O–H groups in total. The molecule has 3 nitrogen and oxygen atoms in total. The number of aliphatic hydroxyl groups is 1. The average Bonchev–Trinajstić information content (AvgIpc) is 2.45. The summed E-state index contributed by atoms with van der Waals surface area (Å²) in [5.74, 6) is 0.892. The molecule has 4 heteroatoms. The Bertz CT molecular complexity index is 500. The summed E-state index contributed by atoms with van der Waals surface area (Å²) in [5.41, 5.74) is 1.95. The van der Waals surface area contributed by atoms with E-state index in [4.69, 9.17) is 4.74 Å². The van der Waals surface area contributed by atoms with Gasteiger partial charge in [0.15, 0.2) is 0 Å². The Kier molecular flexibility index (Phi) is 4.86. The van der Waals surface area contributed by atoms with E-state index in [1.807, 2.05) is 13.1 Å². The predicted octanol–water partition coefficient (Wildman–Crippen LogP) is 2.83. The number of fused-ring (bicyclic) bond motifs is 1. The number of rotatable bonds is 4. The highest BCUT2D eigenvalue weighted by Gasteiger charge is 2.56. The van der Waals surface area contributed by atoms with Crippen molar-refractivity contribution in [2.24, 2.45) is 0 Å². The summed E-state index contributed by atoms with van der Waals surface area (Å²) in [6.07, 6.45) is 6.35. The number of hydrogen-bond donors (Lipinski definition) is 2. The molecule has 1 aromatic rings. The van der Waals surface area contributed by atoms with Crippen LogP contribution in [-0.4, -0.2) is 31.4 Å². The Morgan fingerprint density at radius 2 is 1.95 bits per heavy atom. The number of halogens is 1. The van der Waals surface area contributed by atoms with Crippen LogP contribution in [-0.2, 0) is 11.8 Å². The van der Waals surface area contributed by atoms with Gasteiger partial charge in [-0.25, -0.2) is 0 Å². The predicted molar refractivity (Wildman–Crippen MR) is 87.6 cm³/mol. The van der Waals surface area contributed by atoms with Crippen molar-refractivity contribution < 1.29 is 9.84 Å². The summed E-state index contributed by atoms with van der Waals surface area (Å²) in [7, 11) is 3.68. The number of nitrogens with one attached hydrogen (secondary N) is 1. The van der Waals surface area contributed by atoms with Gasteiger partial charge >= 0.3 is 0 Å². The molecule has 0 heterocycles. The fourth-order valence-electron chi connectivity index (χ4n) is 4.25. The minimum absolute atomic E-state index is 0. The van der Waals surface area contributed by atoms with Gasteiger partial charge in [0, 0.05) is 12.0 Å². The molecule has 0 radical (unpaired) electrons. The van der Waals surface area contributed by atoms with Crippen molar-refractivity contribution in [3.8, 4) is 5.75 Å². The van der Waals surface area contributed by atoms with Gasteiger partial charge in [-0.05, 0) is 49.6 Å². The number of hydrogen-bond acceptors (Lipinski definition) is 3. The third-order valence-electron chi connectivity index (χ3n) is 5.37. The van der Waals surface area contributed by atoms with E-state index in [-0.39, 0.29) is 17.8 Å². The molecule has 1 fully saturated rings. The van der Waals surface area contributed by atoms with Gasteiger partial charge < -0.3 is 15.2 Å². The first-order valence-corrected chi connectivity index (χ1v) is 7.70. The molecule has 1 aromatic carbocycles. The van der Waals surface area contributed by atoms with Crippen molar-refractivity contribution in [1.29, 1.82) is 0 Å². The quantitative estimate of drug-likeness (QED) is 0.898. The van der Waals surface area contributed by atoms with E-state index >= 15 is 0 Å². The van der Waals surface area contributed by atoms with Gasteiger partial charge in [-0.15, -0.1) is 12.4 Å². The molecule has 3 rings (SSSR count). The van der Waals surface area contributed by atoms with Crippen molar-refractivity contribution >= 4 is 12.4 Å². The van der Waals surface area contributed by atoms with Crippen LogP contribution in [0, 0.1) is 0 Å². The van der Waals surface area contributed by atoms with Crippen molar-refractivity contribution in [3.05, 3.63) is 29.3 Å². The molecule has 0 spiro atoms. The minimum Gasteiger partial charge on any atom is -0.497 e. The molecule has 2 aliphatic rings. The van der Waals surface area contributed by atoms with Crippen LogP contribution >= 0.6 is 12.4 Å². The molecular weight excluding hydrogens is 286 g/mol. The van der Waals surface area contributed by atoms with Crippen molar-refractivity contribution in [3.63, 3.8) is 0 Å². The van der Waals surface area contributed by atoms with E-state index in [1.165, 1.54) is 17.5 Å². The van der Waals surface area contributed by atoms with Crippen LogP contribution in [0.5, 0.6) is 5.75 Å². The normalized spacial score (nSPS) is 26.2. The molecule has 0 amide bonds. The molecule has 0 saturated heterocycles. The van der Waals surface area contributed by atoms with E-state index in [2.05, 4.69) is 17.4 Å². The second-order valence-corrected chi connectivity index (χ2v) is 6.40.